The summed E-state index contributed by atoms with van der Waals surface area (Å²) >= 11 is 0. The first-order valence-corrected chi connectivity index (χ1v) is 13.0. The molecule has 2 N–H and O–H groups in total. The minimum Gasteiger partial charge on any atom is -0.351 e. The monoisotopic (exact) mass is 487 g/mol. The molecule has 2 aliphatic rings. The number of pyridine rings is 1. The highest BCUT2D eigenvalue weighted by atomic mass is 16.2. The summed E-state index contributed by atoms with van der Waals surface area (Å²) in [5.41, 5.74) is 2.42. The van der Waals surface area contributed by atoms with Gasteiger partial charge in [-0.2, -0.15) is 5.26 Å². The summed E-state index contributed by atoms with van der Waals surface area (Å²) in [5.74, 6) is -0.626. The van der Waals surface area contributed by atoms with Crippen LogP contribution in [0.5, 0.6) is 0 Å². The summed E-state index contributed by atoms with van der Waals surface area (Å²) in [6.07, 6.45) is 9.05. The summed E-state index contributed by atoms with van der Waals surface area (Å²) in [7, 11) is 0. The molecule has 4 rings (SSSR count). The van der Waals surface area contributed by atoms with Gasteiger partial charge in [0, 0.05) is 36.2 Å². The molecule has 36 heavy (non-hydrogen) atoms. The zero-order chi connectivity index (χ0) is 25.7. The Morgan fingerprint density at radius 2 is 1.86 bits per heavy atom. The van der Waals surface area contributed by atoms with Crippen LogP contribution < -0.4 is 15.5 Å². The maximum absolute atomic E-state index is 14.1. The lowest BCUT2D eigenvalue weighted by atomic mass is 9.87. The third kappa shape index (κ3) is 5.93. The first-order valence-electron chi connectivity index (χ1n) is 13.0. The number of nitrogens with one attached hydrogen (secondary N) is 2. The molecule has 0 radical (unpaired) electrons. The van der Waals surface area contributed by atoms with Crippen LogP contribution in [0.4, 0.5) is 5.69 Å². The molecule has 1 saturated heterocycles. The summed E-state index contributed by atoms with van der Waals surface area (Å²) in [4.78, 5) is 33.8. The van der Waals surface area contributed by atoms with Crippen molar-refractivity contribution in [2.45, 2.75) is 82.8 Å². The van der Waals surface area contributed by atoms with Crippen molar-refractivity contribution in [3.05, 3.63) is 59.9 Å². The van der Waals surface area contributed by atoms with Crippen LogP contribution in [0.3, 0.4) is 0 Å². The maximum atomic E-state index is 14.1. The Morgan fingerprint density at radius 3 is 2.44 bits per heavy atom. The van der Waals surface area contributed by atoms with E-state index in [-0.39, 0.29) is 29.2 Å². The van der Waals surface area contributed by atoms with Crippen molar-refractivity contribution < 1.29 is 9.59 Å². The Hall–Kier alpha value is -3.24. The molecule has 3 unspecified atom stereocenters. The fourth-order valence-electron chi connectivity index (χ4n) is 5.20. The van der Waals surface area contributed by atoms with E-state index in [2.05, 4.69) is 42.5 Å². The Morgan fingerprint density at radius 1 is 1.14 bits per heavy atom. The van der Waals surface area contributed by atoms with Crippen molar-refractivity contribution in [2.75, 3.05) is 11.4 Å². The second kappa shape index (κ2) is 11.2. The second-order valence-electron chi connectivity index (χ2n) is 11.1. The van der Waals surface area contributed by atoms with Gasteiger partial charge in [0.05, 0.1) is 18.0 Å². The lowest BCUT2D eigenvalue weighted by Crippen LogP contribution is -2.51. The largest absolute Gasteiger partial charge is 0.351 e. The van der Waals surface area contributed by atoms with Crippen molar-refractivity contribution in [3.63, 3.8) is 0 Å². The summed E-state index contributed by atoms with van der Waals surface area (Å²) in [6, 6.07) is 12.5. The molecule has 2 fully saturated rings. The summed E-state index contributed by atoms with van der Waals surface area (Å²) in [6.45, 7) is 6.90. The minimum absolute atomic E-state index is 0.0402. The van der Waals surface area contributed by atoms with E-state index in [0.717, 1.165) is 31.2 Å². The lowest BCUT2D eigenvalue weighted by molar-refractivity contribution is -0.128. The van der Waals surface area contributed by atoms with Crippen molar-refractivity contribution in [1.82, 2.24) is 15.6 Å². The zero-order valence-electron chi connectivity index (χ0n) is 21.5. The van der Waals surface area contributed by atoms with Gasteiger partial charge in [-0.05, 0) is 48.4 Å². The molecule has 7 heteroatoms. The third-order valence-corrected chi connectivity index (χ3v) is 7.32. The average Bonchev–Trinajstić information content (AvgIpc) is 3.37. The average molecular weight is 488 g/mol. The third-order valence-electron chi connectivity index (χ3n) is 7.32. The van der Waals surface area contributed by atoms with Gasteiger partial charge in [0.2, 0.25) is 11.8 Å². The van der Waals surface area contributed by atoms with Crippen molar-refractivity contribution in [3.8, 4) is 6.07 Å². The van der Waals surface area contributed by atoms with Crippen molar-refractivity contribution in [2.24, 2.45) is 5.92 Å². The van der Waals surface area contributed by atoms with E-state index in [1.54, 1.807) is 23.4 Å². The second-order valence-corrected chi connectivity index (χ2v) is 11.1. The van der Waals surface area contributed by atoms with Crippen LogP contribution in [-0.4, -0.2) is 35.4 Å². The number of benzene rings is 1. The molecule has 2 heterocycles. The zero-order valence-corrected chi connectivity index (χ0v) is 21.5. The van der Waals surface area contributed by atoms with Crippen molar-refractivity contribution >= 4 is 17.5 Å². The molecular weight excluding hydrogens is 450 g/mol. The SMILES string of the molecule is CC(C)(C)c1ccc(N(C(=O)C2CC(C#N)CN2)C(C(=O)NC2CCCCC2)c2cccnc2)cc1. The van der Waals surface area contributed by atoms with Gasteiger partial charge in [0.25, 0.3) is 0 Å². The minimum atomic E-state index is -0.864. The molecule has 2 aromatic rings. The highest BCUT2D eigenvalue weighted by Gasteiger charge is 2.40. The van der Waals surface area contributed by atoms with Crippen LogP contribution >= 0.6 is 0 Å². The van der Waals surface area contributed by atoms with Gasteiger partial charge >= 0.3 is 0 Å². The van der Waals surface area contributed by atoms with E-state index in [0.29, 0.717) is 24.2 Å². The first kappa shape index (κ1) is 25.8. The molecule has 1 aliphatic heterocycles. The van der Waals surface area contributed by atoms with E-state index in [9.17, 15) is 14.9 Å². The molecule has 1 saturated carbocycles. The number of hydrogen-bond acceptors (Lipinski definition) is 5. The molecule has 0 bridgehead atoms. The van der Waals surface area contributed by atoms with Crippen LogP contribution in [0.25, 0.3) is 0 Å². The van der Waals surface area contributed by atoms with E-state index in [1.165, 1.54) is 6.42 Å². The fourth-order valence-corrected chi connectivity index (χ4v) is 5.20. The molecule has 2 amide bonds. The Labute approximate surface area is 214 Å². The van der Waals surface area contributed by atoms with Gasteiger partial charge in [0.1, 0.15) is 6.04 Å². The highest BCUT2D eigenvalue weighted by molar-refractivity contribution is 6.04. The Balaban J connectivity index is 1.74. The van der Waals surface area contributed by atoms with Gasteiger partial charge < -0.3 is 10.6 Å². The number of aromatic nitrogens is 1. The summed E-state index contributed by atoms with van der Waals surface area (Å²) in [5, 5.41) is 15.8. The Kier molecular flexibility index (Phi) is 8.05. The number of rotatable bonds is 6. The number of nitrogens with zero attached hydrogens (tertiary/aromatic N) is 3. The van der Waals surface area contributed by atoms with Crippen LogP contribution in [0.15, 0.2) is 48.8 Å². The Bertz CT molecular complexity index is 1080. The molecule has 3 atom stereocenters. The number of anilines is 1. The molecule has 1 aromatic carbocycles. The van der Waals surface area contributed by atoms with Gasteiger partial charge in [-0.3, -0.25) is 19.5 Å². The standard InChI is InChI=1S/C29H37N5O2/c1-29(2,3)22-11-13-24(14-12-22)34(28(36)25-16-20(17-30)18-32-25)26(21-8-7-15-31-19-21)27(35)33-23-9-5-4-6-10-23/h7-8,11-15,19-20,23,25-26,32H,4-6,9-10,16,18H2,1-3H3,(H,33,35). The van der Waals surface area contributed by atoms with Gasteiger partial charge in [-0.1, -0.05) is 58.2 Å². The fraction of sp³-hybridized carbons (Fsp3) is 0.517. The topological polar surface area (TPSA) is 98.1 Å². The molecular formula is C29H37N5O2. The van der Waals surface area contributed by atoms with E-state index in [4.69, 9.17) is 0 Å². The molecule has 0 spiro atoms. The molecule has 190 valence electrons. The summed E-state index contributed by atoms with van der Waals surface area (Å²) < 4.78 is 0. The van der Waals surface area contributed by atoms with Crippen LogP contribution in [-0.2, 0) is 15.0 Å². The number of carbonyl (C=O) groups is 2. The normalized spacial score (nSPS) is 21.4. The number of hydrogen-bond donors (Lipinski definition) is 2. The lowest BCUT2D eigenvalue weighted by Gasteiger charge is -2.35. The van der Waals surface area contributed by atoms with E-state index >= 15 is 0 Å². The maximum Gasteiger partial charge on any atom is 0.248 e. The van der Waals surface area contributed by atoms with Crippen molar-refractivity contribution in [1.29, 1.82) is 5.26 Å². The number of nitriles is 1. The number of amides is 2. The quantitative estimate of drug-likeness (QED) is 0.629. The first-order chi connectivity index (χ1) is 17.3. The van der Waals surface area contributed by atoms with Crippen LogP contribution in [0.2, 0.25) is 0 Å². The van der Waals surface area contributed by atoms with Gasteiger partial charge in [-0.25, -0.2) is 0 Å². The van der Waals surface area contributed by atoms with E-state index in [1.807, 2.05) is 30.3 Å². The predicted octanol–water partition coefficient (Wildman–Crippen LogP) is 4.40. The van der Waals surface area contributed by atoms with Gasteiger partial charge in [0.15, 0.2) is 0 Å². The smallest absolute Gasteiger partial charge is 0.248 e. The highest BCUT2D eigenvalue weighted by Crippen LogP contribution is 2.33. The predicted molar refractivity (Wildman–Crippen MR) is 140 cm³/mol. The van der Waals surface area contributed by atoms with Gasteiger partial charge in [-0.15, -0.1) is 0 Å². The van der Waals surface area contributed by atoms with Crippen LogP contribution in [0, 0.1) is 17.2 Å². The van der Waals surface area contributed by atoms with E-state index < -0.39 is 12.1 Å². The number of carbonyl (C=O) groups excluding carboxylic acids is 2. The molecule has 7 nitrogen and oxygen atoms in total. The molecule has 1 aliphatic carbocycles. The van der Waals surface area contributed by atoms with Crippen LogP contribution in [0.1, 0.15) is 76.5 Å². The molecule has 1 aromatic heterocycles.